The predicted octanol–water partition coefficient (Wildman–Crippen LogP) is 3.42. The highest BCUT2D eigenvalue weighted by molar-refractivity contribution is 5.92. The minimum atomic E-state index is -4.90. The molecule has 0 radical (unpaired) electrons. The van der Waals surface area contributed by atoms with Crippen LogP contribution in [0.15, 0.2) is 6.33 Å². The number of esters is 1. The van der Waals surface area contributed by atoms with E-state index in [4.69, 9.17) is 0 Å². The van der Waals surface area contributed by atoms with E-state index in [0.717, 1.165) is 45.1 Å². The number of nitriles is 1. The van der Waals surface area contributed by atoms with Gasteiger partial charge >= 0.3 is 24.3 Å². The topological polar surface area (TPSA) is 179 Å². The molecule has 3 rings (SSSR count). The zero-order valence-electron chi connectivity index (χ0n) is 24.2. The lowest BCUT2D eigenvalue weighted by Crippen LogP contribution is -2.48. The number of carbonyl (C=O) groups excluding carboxylic acids is 2. The molecule has 0 saturated heterocycles. The first-order valence-electron chi connectivity index (χ1n) is 13.2. The summed E-state index contributed by atoms with van der Waals surface area (Å²) in [4.78, 5) is 48.9. The number of halogens is 3. The number of unbranched alkanes of at least 4 members (excludes halogenated alkanes) is 1. The molecule has 0 aliphatic heterocycles. The minimum absolute atomic E-state index is 0.114. The summed E-state index contributed by atoms with van der Waals surface area (Å²) in [5.74, 6) is -2.14. The van der Waals surface area contributed by atoms with E-state index >= 15 is 0 Å². The molecule has 2 aromatic heterocycles. The fourth-order valence-corrected chi connectivity index (χ4v) is 4.00. The number of fused-ring (bicyclic) bond motifs is 1. The molecule has 1 fully saturated rings. The molecule has 0 atom stereocenters. The Balaban J connectivity index is 0.000000476. The van der Waals surface area contributed by atoms with Gasteiger partial charge in [-0.15, -0.1) is 0 Å². The second kappa shape index (κ2) is 14.6. The zero-order chi connectivity index (χ0) is 31.7. The Morgan fingerprint density at radius 2 is 1.81 bits per heavy atom. The number of rotatable bonds is 8. The first kappa shape index (κ1) is 34.0. The third-order valence-corrected chi connectivity index (χ3v) is 5.77. The molecule has 17 heteroatoms. The van der Waals surface area contributed by atoms with Crippen LogP contribution in [0.4, 0.5) is 28.6 Å². The number of hydrazine groups is 1. The second-order valence-corrected chi connectivity index (χ2v) is 10.7. The lowest BCUT2D eigenvalue weighted by atomic mass is 10.2. The van der Waals surface area contributed by atoms with Crippen molar-refractivity contribution in [2.24, 2.45) is 0 Å². The number of hydrogen-bond donors (Lipinski definition) is 3. The van der Waals surface area contributed by atoms with Gasteiger partial charge in [0, 0.05) is 6.54 Å². The van der Waals surface area contributed by atoms with Crippen LogP contribution in [-0.2, 0) is 9.53 Å². The number of carboxylic acid groups (broad SMARTS) is 1. The summed E-state index contributed by atoms with van der Waals surface area (Å²) in [6.07, 6.45) is 0.424. The standard InChI is InChI=1S/C19H27N9O3.C6H9F3O2/c1-26(2)10-6-5-9-21-18(29)27-12-22-15-16(27)23-14(11-20)24-17(15)28(25-19(30)31)13-7-3-4-8-13;1-5(2,3)11-4(10)6(7,8)9/h12-13,25H,3-10H2,1-2H3,(H,21,29)(H,30,31);1-3H3. The first-order valence-corrected chi connectivity index (χ1v) is 13.2. The lowest BCUT2D eigenvalue weighted by Gasteiger charge is -2.28. The number of alkyl halides is 3. The molecule has 2 amide bonds. The van der Waals surface area contributed by atoms with E-state index in [9.17, 15) is 37.9 Å². The summed E-state index contributed by atoms with van der Waals surface area (Å²) in [5.41, 5.74) is 1.69. The van der Waals surface area contributed by atoms with Crippen molar-refractivity contribution < 1.29 is 37.4 Å². The molecule has 0 aromatic carbocycles. The molecule has 232 valence electrons. The Labute approximate surface area is 240 Å². The van der Waals surface area contributed by atoms with Crippen molar-refractivity contribution in [2.75, 3.05) is 32.2 Å². The van der Waals surface area contributed by atoms with E-state index in [1.165, 1.54) is 36.7 Å². The Morgan fingerprint density at radius 1 is 1.17 bits per heavy atom. The van der Waals surface area contributed by atoms with Gasteiger partial charge in [0.25, 0.3) is 0 Å². The average molecular weight is 600 g/mol. The van der Waals surface area contributed by atoms with E-state index in [2.05, 4.69) is 35.3 Å². The van der Waals surface area contributed by atoms with Crippen molar-refractivity contribution in [1.82, 2.24) is 35.2 Å². The van der Waals surface area contributed by atoms with Gasteiger partial charge in [0.2, 0.25) is 5.82 Å². The summed E-state index contributed by atoms with van der Waals surface area (Å²) in [6.45, 7) is 5.54. The Bertz CT molecular complexity index is 1280. The highest BCUT2D eigenvalue weighted by atomic mass is 19.4. The van der Waals surface area contributed by atoms with Crippen molar-refractivity contribution in [3.63, 3.8) is 0 Å². The molecule has 42 heavy (non-hydrogen) atoms. The molecule has 1 aliphatic rings. The molecule has 1 aliphatic carbocycles. The number of anilines is 1. The van der Waals surface area contributed by atoms with E-state index in [1.54, 1.807) is 0 Å². The van der Waals surface area contributed by atoms with Gasteiger partial charge in [-0.3, -0.25) is 5.01 Å². The number of nitrogens with one attached hydrogen (secondary N) is 2. The van der Waals surface area contributed by atoms with Crippen LogP contribution in [0.5, 0.6) is 0 Å². The summed E-state index contributed by atoms with van der Waals surface area (Å²) in [7, 11) is 3.99. The molecule has 0 spiro atoms. The van der Waals surface area contributed by atoms with Crippen molar-refractivity contribution >= 4 is 35.1 Å². The number of nitrogens with zero attached hydrogens (tertiary/aromatic N) is 7. The number of amides is 2. The van der Waals surface area contributed by atoms with Gasteiger partial charge in [0.15, 0.2) is 17.0 Å². The van der Waals surface area contributed by atoms with Gasteiger partial charge in [-0.2, -0.15) is 28.4 Å². The molecule has 0 bridgehead atoms. The highest BCUT2D eigenvalue weighted by Crippen LogP contribution is 2.29. The second-order valence-electron chi connectivity index (χ2n) is 10.7. The van der Waals surface area contributed by atoms with Crippen LogP contribution in [0.1, 0.15) is 65.1 Å². The summed E-state index contributed by atoms with van der Waals surface area (Å²) in [6, 6.07) is 1.35. The SMILES string of the molecule is CC(C)(C)OC(=O)C(F)(F)F.CN(C)CCCCNC(=O)n1cnc2c(N(NC(=O)O)C3CCCC3)nc(C#N)nc21. The van der Waals surface area contributed by atoms with Crippen molar-refractivity contribution in [1.29, 1.82) is 5.26 Å². The summed E-state index contributed by atoms with van der Waals surface area (Å²) >= 11 is 0. The molecule has 0 unspecified atom stereocenters. The number of imidazole rings is 1. The van der Waals surface area contributed by atoms with Crippen LogP contribution in [-0.4, -0.2) is 92.6 Å². The van der Waals surface area contributed by atoms with E-state index in [-0.39, 0.29) is 28.8 Å². The number of aromatic nitrogens is 4. The van der Waals surface area contributed by atoms with Gasteiger partial charge in [0.1, 0.15) is 18.0 Å². The summed E-state index contributed by atoms with van der Waals surface area (Å²) in [5, 5.41) is 23.0. The number of carbonyl (C=O) groups is 3. The molecule has 2 aromatic rings. The third kappa shape index (κ3) is 10.3. The van der Waals surface area contributed by atoms with Crippen LogP contribution in [0, 0.1) is 11.3 Å². The van der Waals surface area contributed by atoms with Crippen molar-refractivity contribution in [2.45, 2.75) is 77.1 Å². The van der Waals surface area contributed by atoms with E-state index < -0.39 is 29.9 Å². The van der Waals surface area contributed by atoms with Crippen molar-refractivity contribution in [3.8, 4) is 6.07 Å². The minimum Gasteiger partial charge on any atom is -0.464 e. The Hall–Kier alpha value is -4.20. The highest BCUT2D eigenvalue weighted by Gasteiger charge is 2.42. The maximum absolute atomic E-state index is 12.7. The van der Waals surface area contributed by atoms with Crippen LogP contribution >= 0.6 is 0 Å². The van der Waals surface area contributed by atoms with Gasteiger partial charge in [0.05, 0.1) is 6.04 Å². The van der Waals surface area contributed by atoms with Crippen LogP contribution < -0.4 is 15.8 Å². The molecule has 2 heterocycles. The molecule has 14 nitrogen and oxygen atoms in total. The molecule has 1 saturated carbocycles. The maximum Gasteiger partial charge on any atom is 0.490 e. The first-order chi connectivity index (χ1) is 19.5. The van der Waals surface area contributed by atoms with E-state index in [1.807, 2.05) is 20.2 Å². The van der Waals surface area contributed by atoms with Gasteiger partial charge in [-0.05, 0) is 67.1 Å². The fourth-order valence-electron chi connectivity index (χ4n) is 4.00. The molecule has 3 N–H and O–H groups in total. The number of ether oxygens (including phenoxy) is 1. The normalized spacial score (nSPS) is 13.7. The van der Waals surface area contributed by atoms with Crippen LogP contribution in [0.3, 0.4) is 0 Å². The van der Waals surface area contributed by atoms with Crippen LogP contribution in [0.25, 0.3) is 11.2 Å². The van der Waals surface area contributed by atoms with Crippen LogP contribution in [0.2, 0.25) is 0 Å². The molecular weight excluding hydrogens is 563 g/mol. The molecular formula is C25H36F3N9O5. The Morgan fingerprint density at radius 3 is 2.31 bits per heavy atom. The largest absolute Gasteiger partial charge is 0.490 e. The van der Waals surface area contributed by atoms with Gasteiger partial charge in [-0.1, -0.05) is 12.8 Å². The smallest absolute Gasteiger partial charge is 0.464 e. The van der Waals surface area contributed by atoms with Gasteiger partial charge in [-0.25, -0.2) is 29.4 Å². The van der Waals surface area contributed by atoms with E-state index in [0.29, 0.717) is 6.54 Å². The number of hydrogen-bond acceptors (Lipinski definition) is 10. The lowest BCUT2D eigenvalue weighted by molar-refractivity contribution is -0.210. The maximum atomic E-state index is 12.7. The monoisotopic (exact) mass is 599 g/mol. The fraction of sp³-hybridized carbons (Fsp3) is 0.640. The van der Waals surface area contributed by atoms with Gasteiger partial charge < -0.3 is 20.1 Å². The summed E-state index contributed by atoms with van der Waals surface area (Å²) < 4.78 is 39.8. The van der Waals surface area contributed by atoms with Crippen molar-refractivity contribution in [3.05, 3.63) is 12.2 Å². The Kier molecular flexibility index (Phi) is 11.8. The third-order valence-electron chi connectivity index (χ3n) is 5.77. The predicted molar refractivity (Wildman–Crippen MR) is 144 cm³/mol. The average Bonchev–Trinajstić information content (AvgIpc) is 3.55. The zero-order valence-corrected chi connectivity index (χ0v) is 24.2. The quantitative estimate of drug-likeness (QED) is 0.230.